The van der Waals surface area contributed by atoms with Gasteiger partial charge in [-0.15, -0.1) is 0 Å². The average molecular weight is 347 g/mol. The van der Waals surface area contributed by atoms with Crippen molar-refractivity contribution in [1.29, 1.82) is 0 Å². The number of pyridine rings is 1. The SMILES string of the molecule is CCN=COc1ccc2c(-c3ccc4ccccc4n3)c(O)n(O)c2c1. The normalized spacial score (nSPS) is 11.6. The molecular formula is C20H17N3O3. The third-order valence-electron chi connectivity index (χ3n) is 4.19. The molecule has 0 radical (unpaired) electrons. The van der Waals surface area contributed by atoms with Crippen LogP contribution in [0.25, 0.3) is 33.1 Å². The monoisotopic (exact) mass is 347 g/mol. The van der Waals surface area contributed by atoms with Gasteiger partial charge in [-0.25, -0.2) is 4.98 Å². The Morgan fingerprint density at radius 3 is 2.85 bits per heavy atom. The van der Waals surface area contributed by atoms with Crippen LogP contribution in [0.1, 0.15) is 6.92 Å². The van der Waals surface area contributed by atoms with Gasteiger partial charge in [0.1, 0.15) is 5.75 Å². The van der Waals surface area contributed by atoms with E-state index in [4.69, 9.17) is 4.74 Å². The van der Waals surface area contributed by atoms with Crippen LogP contribution in [0, 0.1) is 0 Å². The minimum Gasteiger partial charge on any atom is -0.492 e. The number of nitrogens with zero attached hydrogens (tertiary/aromatic N) is 3. The van der Waals surface area contributed by atoms with Gasteiger partial charge in [0.25, 0.3) is 0 Å². The van der Waals surface area contributed by atoms with E-state index in [1.165, 1.54) is 6.40 Å². The van der Waals surface area contributed by atoms with Crippen LogP contribution in [0.15, 0.2) is 59.6 Å². The Hall–Kier alpha value is -3.54. The van der Waals surface area contributed by atoms with Gasteiger partial charge in [0.2, 0.25) is 5.88 Å². The molecule has 0 aliphatic rings. The van der Waals surface area contributed by atoms with Gasteiger partial charge < -0.3 is 15.1 Å². The second-order valence-corrected chi connectivity index (χ2v) is 5.80. The molecule has 0 atom stereocenters. The van der Waals surface area contributed by atoms with Crippen molar-refractivity contribution < 1.29 is 15.1 Å². The van der Waals surface area contributed by atoms with Gasteiger partial charge in [0.05, 0.1) is 22.3 Å². The molecule has 26 heavy (non-hydrogen) atoms. The fraction of sp³-hybridized carbons (Fsp3) is 0.100. The molecule has 130 valence electrons. The maximum atomic E-state index is 10.5. The lowest BCUT2D eigenvalue weighted by atomic mass is 10.1. The fourth-order valence-corrected chi connectivity index (χ4v) is 2.94. The predicted octanol–water partition coefficient (Wildman–Crippen LogP) is 4.23. The molecule has 0 unspecified atom stereocenters. The van der Waals surface area contributed by atoms with Gasteiger partial charge in [-0.3, -0.25) is 4.99 Å². The summed E-state index contributed by atoms with van der Waals surface area (Å²) in [5.41, 5.74) is 2.30. The minimum atomic E-state index is -0.262. The van der Waals surface area contributed by atoms with Gasteiger partial charge in [0, 0.05) is 23.4 Å². The summed E-state index contributed by atoms with van der Waals surface area (Å²) in [6, 6.07) is 16.7. The summed E-state index contributed by atoms with van der Waals surface area (Å²) in [6.45, 7) is 2.53. The Morgan fingerprint density at radius 2 is 2.00 bits per heavy atom. The van der Waals surface area contributed by atoms with E-state index in [1.54, 1.807) is 18.2 Å². The van der Waals surface area contributed by atoms with E-state index in [1.807, 2.05) is 43.3 Å². The third kappa shape index (κ3) is 2.61. The van der Waals surface area contributed by atoms with Crippen LogP contribution in [0.3, 0.4) is 0 Å². The molecule has 0 aliphatic heterocycles. The molecule has 0 aliphatic carbocycles. The van der Waals surface area contributed by atoms with E-state index in [0.29, 0.717) is 34.5 Å². The van der Waals surface area contributed by atoms with Crippen LogP contribution in [0.2, 0.25) is 0 Å². The second-order valence-electron chi connectivity index (χ2n) is 5.80. The van der Waals surface area contributed by atoms with Crippen LogP contribution in [0.4, 0.5) is 0 Å². The second kappa shape index (κ2) is 6.40. The van der Waals surface area contributed by atoms with E-state index in [-0.39, 0.29) is 5.88 Å². The Balaban J connectivity index is 1.86. The first kappa shape index (κ1) is 16.0. The van der Waals surface area contributed by atoms with Crippen molar-refractivity contribution in [2.45, 2.75) is 6.92 Å². The number of hydrogen-bond acceptors (Lipinski definition) is 5. The van der Waals surface area contributed by atoms with E-state index in [0.717, 1.165) is 15.6 Å². The number of hydrogen-bond donors (Lipinski definition) is 2. The summed E-state index contributed by atoms with van der Waals surface area (Å²) in [6.07, 6.45) is 1.36. The molecule has 0 saturated heterocycles. The molecule has 0 saturated carbocycles. The van der Waals surface area contributed by atoms with Gasteiger partial charge in [-0.2, -0.15) is 4.73 Å². The minimum absolute atomic E-state index is 0.262. The number of aliphatic imine (C=N–C) groups is 1. The topological polar surface area (TPSA) is 79.9 Å². The number of benzene rings is 2. The van der Waals surface area contributed by atoms with E-state index < -0.39 is 0 Å². The highest BCUT2D eigenvalue weighted by atomic mass is 16.5. The maximum Gasteiger partial charge on any atom is 0.235 e. The van der Waals surface area contributed by atoms with Crippen LogP contribution >= 0.6 is 0 Å². The van der Waals surface area contributed by atoms with Crippen LogP contribution in [-0.2, 0) is 0 Å². The van der Waals surface area contributed by atoms with Gasteiger partial charge in [-0.05, 0) is 31.2 Å². The highest BCUT2D eigenvalue weighted by Gasteiger charge is 2.19. The maximum absolute atomic E-state index is 10.5. The molecule has 4 aromatic rings. The van der Waals surface area contributed by atoms with Crippen LogP contribution in [-0.4, -0.2) is 33.0 Å². The van der Waals surface area contributed by atoms with Crippen molar-refractivity contribution in [2.75, 3.05) is 6.54 Å². The molecule has 6 heteroatoms. The Bertz CT molecular complexity index is 1130. The van der Waals surface area contributed by atoms with Gasteiger partial charge in [0.15, 0.2) is 6.40 Å². The van der Waals surface area contributed by atoms with Gasteiger partial charge in [-0.1, -0.05) is 24.3 Å². The van der Waals surface area contributed by atoms with E-state index >= 15 is 0 Å². The van der Waals surface area contributed by atoms with Crippen molar-refractivity contribution in [3.8, 4) is 22.9 Å². The van der Waals surface area contributed by atoms with Crippen LogP contribution < -0.4 is 4.74 Å². The third-order valence-corrected chi connectivity index (χ3v) is 4.19. The first-order chi connectivity index (χ1) is 12.7. The lowest BCUT2D eigenvalue weighted by Crippen LogP contribution is -1.92. The summed E-state index contributed by atoms with van der Waals surface area (Å²) < 4.78 is 6.15. The fourth-order valence-electron chi connectivity index (χ4n) is 2.94. The quantitative estimate of drug-likeness (QED) is 0.329. The first-order valence-electron chi connectivity index (χ1n) is 8.27. The lowest BCUT2D eigenvalue weighted by molar-refractivity contribution is 0.168. The number of aromatic hydroxyl groups is 1. The summed E-state index contributed by atoms with van der Waals surface area (Å²) >= 11 is 0. The molecule has 2 aromatic heterocycles. The molecule has 2 N–H and O–H groups in total. The average Bonchev–Trinajstić information content (AvgIpc) is 2.92. The van der Waals surface area contributed by atoms with Gasteiger partial charge >= 0.3 is 0 Å². The Labute approximate surface area is 149 Å². The van der Waals surface area contributed by atoms with Crippen molar-refractivity contribution in [3.05, 3.63) is 54.6 Å². The number of rotatable bonds is 4. The Kier molecular flexibility index (Phi) is 3.93. The molecule has 0 fully saturated rings. The highest BCUT2D eigenvalue weighted by Crippen LogP contribution is 2.39. The smallest absolute Gasteiger partial charge is 0.235 e. The summed E-state index contributed by atoms with van der Waals surface area (Å²) in [7, 11) is 0. The van der Waals surface area contributed by atoms with Crippen molar-refractivity contribution in [1.82, 2.24) is 9.71 Å². The zero-order valence-corrected chi connectivity index (χ0v) is 14.1. The summed E-state index contributed by atoms with van der Waals surface area (Å²) in [5, 5.41) is 22.4. The molecular weight excluding hydrogens is 330 g/mol. The van der Waals surface area contributed by atoms with Crippen LogP contribution in [0.5, 0.6) is 11.6 Å². The molecule has 0 spiro atoms. The molecule has 2 heterocycles. The molecule has 2 aromatic carbocycles. The van der Waals surface area contributed by atoms with E-state index in [9.17, 15) is 10.3 Å². The van der Waals surface area contributed by atoms with Crippen molar-refractivity contribution in [3.63, 3.8) is 0 Å². The molecule has 0 amide bonds. The van der Waals surface area contributed by atoms with E-state index in [2.05, 4.69) is 9.98 Å². The largest absolute Gasteiger partial charge is 0.492 e. The lowest BCUT2D eigenvalue weighted by Gasteiger charge is -2.03. The number of para-hydroxylation sites is 1. The standard InChI is InChI=1S/C20H17N3O3/c1-2-21-12-26-14-8-9-15-18(11-14)23(25)20(24)19(15)17-10-7-13-5-3-4-6-16(13)22-17/h3-12,24-25H,2H2,1H3. The predicted molar refractivity (Wildman–Crippen MR) is 101 cm³/mol. The zero-order valence-electron chi connectivity index (χ0n) is 14.1. The molecule has 6 nitrogen and oxygen atoms in total. The molecule has 0 bridgehead atoms. The highest BCUT2D eigenvalue weighted by molar-refractivity contribution is 6.00. The Morgan fingerprint density at radius 1 is 1.15 bits per heavy atom. The first-order valence-corrected chi connectivity index (χ1v) is 8.27. The molecule has 4 rings (SSSR count). The summed E-state index contributed by atoms with van der Waals surface area (Å²) in [5.74, 6) is 0.252. The van der Waals surface area contributed by atoms with Crippen molar-refractivity contribution >= 4 is 28.2 Å². The summed E-state index contributed by atoms with van der Waals surface area (Å²) in [4.78, 5) is 8.61. The zero-order chi connectivity index (χ0) is 18.1. The number of fused-ring (bicyclic) bond motifs is 2. The number of aromatic nitrogens is 2. The number of ether oxygens (including phenoxy) is 1. The van der Waals surface area contributed by atoms with Crippen molar-refractivity contribution in [2.24, 2.45) is 4.99 Å².